The van der Waals surface area contributed by atoms with Gasteiger partial charge in [0.25, 0.3) is 0 Å². The van der Waals surface area contributed by atoms with Crippen LogP contribution >= 0.6 is 22.9 Å². The number of dihydropyridines is 1. The molecule has 4 heterocycles. The minimum absolute atomic E-state index is 0.372. The lowest BCUT2D eigenvalue weighted by Gasteiger charge is -2.21. The Bertz CT molecular complexity index is 1100. The van der Waals surface area contributed by atoms with Gasteiger partial charge in [-0.25, -0.2) is 14.8 Å². The second-order valence-electron chi connectivity index (χ2n) is 6.49. The molecule has 0 aromatic carbocycles. The number of pyridine rings is 1. The maximum atomic E-state index is 12.5. The van der Waals surface area contributed by atoms with E-state index < -0.39 is 6.17 Å². The first-order valence-corrected chi connectivity index (χ1v) is 9.94. The van der Waals surface area contributed by atoms with E-state index in [1.165, 1.54) is 16.1 Å². The minimum atomic E-state index is -0.400. The van der Waals surface area contributed by atoms with E-state index in [2.05, 4.69) is 36.1 Å². The zero-order valence-corrected chi connectivity index (χ0v) is 16.0. The number of carbonyl (C=O) groups is 1. The Morgan fingerprint density at radius 3 is 2.82 bits per heavy atom. The average Bonchev–Trinajstić information content (AvgIpc) is 3.16. The lowest BCUT2D eigenvalue weighted by molar-refractivity contribution is 0.254. The number of anilines is 1. The normalized spacial score (nSPS) is 19.0. The topological polar surface area (TPSA) is 110 Å². The Hall–Kier alpha value is -2.98. The fraction of sp³-hybridized carbons (Fsp3) is 0.235. The highest BCUT2D eigenvalue weighted by atomic mass is 35.5. The van der Waals surface area contributed by atoms with Crippen LogP contribution in [0, 0.1) is 0 Å². The number of amides is 2. The Balaban J connectivity index is 1.31. The van der Waals surface area contributed by atoms with Gasteiger partial charge in [0.1, 0.15) is 10.3 Å². The summed E-state index contributed by atoms with van der Waals surface area (Å²) in [6.07, 6.45) is 9.96. The highest BCUT2D eigenvalue weighted by Gasteiger charge is 2.30. The monoisotopic (exact) mass is 414 g/mol. The van der Waals surface area contributed by atoms with Crippen LogP contribution in [0.15, 0.2) is 47.1 Å². The van der Waals surface area contributed by atoms with Gasteiger partial charge in [0.15, 0.2) is 6.17 Å². The zero-order valence-electron chi connectivity index (χ0n) is 14.5. The molecule has 3 aromatic heterocycles. The number of thiazole rings is 1. The van der Waals surface area contributed by atoms with Gasteiger partial charge < -0.3 is 16.0 Å². The SMILES string of the molecule is O=C(NC1=CNC(n2nccn2)C(Cl)=C1)Nc1cnc2scnc2c1C1CC1. The molecule has 0 bridgehead atoms. The molecular formula is C17H15ClN8OS. The van der Waals surface area contributed by atoms with E-state index in [1.807, 2.05) is 0 Å². The van der Waals surface area contributed by atoms with Crippen molar-refractivity contribution in [3.63, 3.8) is 0 Å². The van der Waals surface area contributed by atoms with Crippen LogP contribution in [0.2, 0.25) is 0 Å². The highest BCUT2D eigenvalue weighted by Crippen LogP contribution is 2.46. The summed E-state index contributed by atoms with van der Waals surface area (Å²) in [5.74, 6) is 0.426. The van der Waals surface area contributed by atoms with Gasteiger partial charge >= 0.3 is 6.03 Å². The summed E-state index contributed by atoms with van der Waals surface area (Å²) in [6.45, 7) is 0. The lowest BCUT2D eigenvalue weighted by atomic mass is 10.1. The Labute approximate surface area is 168 Å². The molecule has 3 aromatic rings. The first-order valence-electron chi connectivity index (χ1n) is 8.68. The smallest absolute Gasteiger partial charge is 0.323 e. The summed E-state index contributed by atoms with van der Waals surface area (Å²) in [6, 6.07) is -0.372. The predicted octanol–water partition coefficient (Wildman–Crippen LogP) is 3.05. The molecule has 0 radical (unpaired) electrons. The number of aromatic nitrogens is 5. The molecule has 9 nitrogen and oxygen atoms in total. The molecule has 142 valence electrons. The molecular weight excluding hydrogens is 400 g/mol. The van der Waals surface area contributed by atoms with E-state index in [4.69, 9.17) is 11.6 Å². The van der Waals surface area contributed by atoms with Crippen LogP contribution in [-0.4, -0.2) is 31.0 Å². The van der Waals surface area contributed by atoms with E-state index in [0.717, 1.165) is 28.8 Å². The molecule has 2 amide bonds. The maximum absolute atomic E-state index is 12.5. The lowest BCUT2D eigenvalue weighted by Crippen LogP contribution is -2.33. The van der Waals surface area contributed by atoms with Crippen LogP contribution in [-0.2, 0) is 0 Å². The third kappa shape index (κ3) is 3.20. The second kappa shape index (κ2) is 6.88. The fourth-order valence-corrected chi connectivity index (χ4v) is 4.05. The van der Waals surface area contributed by atoms with Crippen LogP contribution in [0.25, 0.3) is 10.3 Å². The fourth-order valence-electron chi connectivity index (χ4n) is 3.13. The van der Waals surface area contributed by atoms with Crippen LogP contribution in [0.5, 0.6) is 0 Å². The maximum Gasteiger partial charge on any atom is 0.323 e. The molecule has 1 unspecified atom stereocenters. The molecule has 1 atom stereocenters. The molecule has 5 rings (SSSR count). The summed E-state index contributed by atoms with van der Waals surface area (Å²) in [7, 11) is 0. The number of fused-ring (bicyclic) bond motifs is 1. The molecule has 3 N–H and O–H groups in total. The zero-order chi connectivity index (χ0) is 19.1. The van der Waals surface area contributed by atoms with E-state index in [-0.39, 0.29) is 6.03 Å². The Morgan fingerprint density at radius 2 is 2.07 bits per heavy atom. The third-order valence-electron chi connectivity index (χ3n) is 4.52. The van der Waals surface area contributed by atoms with Crippen molar-refractivity contribution in [1.29, 1.82) is 0 Å². The van der Waals surface area contributed by atoms with Crippen molar-refractivity contribution in [1.82, 2.24) is 35.6 Å². The first kappa shape index (κ1) is 17.1. The summed E-state index contributed by atoms with van der Waals surface area (Å²) >= 11 is 7.81. The molecule has 28 heavy (non-hydrogen) atoms. The molecule has 11 heteroatoms. The van der Waals surface area contributed by atoms with E-state index in [9.17, 15) is 4.79 Å². The number of halogens is 1. The molecule has 0 spiro atoms. The number of allylic oxidation sites excluding steroid dienone is 1. The van der Waals surface area contributed by atoms with Crippen LogP contribution in [0.1, 0.15) is 30.5 Å². The Morgan fingerprint density at radius 1 is 1.25 bits per heavy atom. The van der Waals surface area contributed by atoms with Gasteiger partial charge in [-0.1, -0.05) is 11.6 Å². The van der Waals surface area contributed by atoms with Crippen LogP contribution in [0.3, 0.4) is 0 Å². The van der Waals surface area contributed by atoms with Crippen LogP contribution in [0.4, 0.5) is 10.5 Å². The average molecular weight is 415 g/mol. The van der Waals surface area contributed by atoms with E-state index >= 15 is 0 Å². The number of carbonyl (C=O) groups excluding carboxylic acids is 1. The molecule has 1 saturated carbocycles. The molecule has 2 aliphatic rings. The van der Waals surface area contributed by atoms with Crippen LogP contribution < -0.4 is 16.0 Å². The summed E-state index contributed by atoms with van der Waals surface area (Å²) in [5, 5.41) is 17.3. The number of nitrogens with zero attached hydrogens (tertiary/aromatic N) is 5. The number of rotatable bonds is 4. The van der Waals surface area contributed by atoms with Crippen molar-refractivity contribution in [3.05, 3.63) is 52.7 Å². The number of hydrogen-bond acceptors (Lipinski definition) is 7. The molecule has 0 saturated heterocycles. The largest absolute Gasteiger partial charge is 0.362 e. The van der Waals surface area contributed by atoms with Gasteiger partial charge in [0.2, 0.25) is 0 Å². The number of urea groups is 1. The predicted molar refractivity (Wildman–Crippen MR) is 106 cm³/mol. The van der Waals surface area contributed by atoms with Gasteiger partial charge in [-0.05, 0) is 24.8 Å². The van der Waals surface area contributed by atoms with Crippen molar-refractivity contribution in [2.75, 3.05) is 5.32 Å². The van der Waals surface area contributed by atoms with Crippen molar-refractivity contribution in [2.45, 2.75) is 24.9 Å². The molecule has 1 aliphatic carbocycles. The number of nitrogens with one attached hydrogen (secondary N) is 3. The van der Waals surface area contributed by atoms with Gasteiger partial charge in [-0.2, -0.15) is 15.0 Å². The van der Waals surface area contributed by atoms with Crippen molar-refractivity contribution >= 4 is 45.0 Å². The van der Waals surface area contributed by atoms with Gasteiger partial charge in [0.05, 0.1) is 40.5 Å². The first-order chi connectivity index (χ1) is 13.7. The van der Waals surface area contributed by atoms with Gasteiger partial charge in [-0.3, -0.25) is 0 Å². The molecule has 1 fully saturated rings. The number of hydrogen-bond donors (Lipinski definition) is 3. The van der Waals surface area contributed by atoms with Gasteiger partial charge in [0, 0.05) is 11.8 Å². The Kier molecular flexibility index (Phi) is 4.21. The third-order valence-corrected chi connectivity index (χ3v) is 5.56. The summed E-state index contributed by atoms with van der Waals surface area (Å²) < 4.78 is 0. The highest BCUT2D eigenvalue weighted by molar-refractivity contribution is 7.16. The summed E-state index contributed by atoms with van der Waals surface area (Å²) in [5.41, 5.74) is 4.94. The standard InChI is InChI=1S/C17H15ClN8OS/c18-11-5-10(6-19-15(11)26-22-3-4-23-26)24-17(27)25-12-7-20-16-14(21-8-28-16)13(12)9-1-2-9/h3-9,15,19H,1-2H2,(H2,24,25,27). The molecule has 1 aliphatic heterocycles. The van der Waals surface area contributed by atoms with Crippen molar-refractivity contribution in [3.8, 4) is 0 Å². The van der Waals surface area contributed by atoms with Crippen molar-refractivity contribution < 1.29 is 4.79 Å². The van der Waals surface area contributed by atoms with Crippen molar-refractivity contribution in [2.24, 2.45) is 0 Å². The van der Waals surface area contributed by atoms with Gasteiger partial charge in [-0.15, -0.1) is 11.3 Å². The second-order valence-corrected chi connectivity index (χ2v) is 7.76. The van der Waals surface area contributed by atoms with E-state index in [1.54, 1.807) is 36.4 Å². The quantitative estimate of drug-likeness (QED) is 0.605. The summed E-state index contributed by atoms with van der Waals surface area (Å²) in [4.78, 5) is 23.7. The minimum Gasteiger partial charge on any atom is -0.362 e. The van der Waals surface area contributed by atoms with E-state index in [0.29, 0.717) is 22.3 Å².